The lowest BCUT2D eigenvalue weighted by atomic mass is 10.2. The number of carbonyl (C=O) groups excluding carboxylic acids is 1. The molecule has 1 amide bonds. The molecule has 1 atom stereocenters. The number of hydrogen-bond acceptors (Lipinski definition) is 1. The maximum Gasteiger partial charge on any atom is 0.228 e. The van der Waals surface area contributed by atoms with E-state index in [2.05, 4.69) is 21.2 Å². The van der Waals surface area contributed by atoms with Crippen molar-refractivity contribution in [2.75, 3.05) is 11.2 Å². The summed E-state index contributed by atoms with van der Waals surface area (Å²) in [6.07, 6.45) is 0. The van der Waals surface area contributed by atoms with Crippen molar-refractivity contribution in [1.82, 2.24) is 0 Å². The molecule has 5 heteroatoms. The molecule has 0 saturated heterocycles. The quantitative estimate of drug-likeness (QED) is 0.842. The van der Waals surface area contributed by atoms with Crippen LogP contribution < -0.4 is 5.32 Å². The van der Waals surface area contributed by atoms with Crippen molar-refractivity contribution in [1.29, 1.82) is 0 Å². The average molecular weight is 311 g/mol. The molecule has 0 aliphatic heterocycles. The average Bonchev–Trinajstić information content (AvgIpc) is 2.14. The number of nitrogens with one attached hydrogen (secondary N) is 1. The first-order valence-electron chi connectivity index (χ1n) is 4.36. The monoisotopic (exact) mass is 309 g/mol. The molecule has 1 N–H and O–H groups in total. The Balaban J connectivity index is 2.76. The van der Waals surface area contributed by atoms with Crippen LogP contribution in [0.2, 0.25) is 5.02 Å². The van der Waals surface area contributed by atoms with E-state index in [9.17, 15) is 4.79 Å². The van der Waals surface area contributed by atoms with Gasteiger partial charge in [-0.05, 0) is 18.2 Å². The minimum Gasteiger partial charge on any atom is -0.326 e. The highest BCUT2D eigenvalue weighted by molar-refractivity contribution is 9.10. The zero-order valence-corrected chi connectivity index (χ0v) is 11.2. The first kappa shape index (κ1) is 12.8. The molecule has 15 heavy (non-hydrogen) atoms. The molecular weight excluding hydrogens is 301 g/mol. The second-order valence-electron chi connectivity index (χ2n) is 3.20. The molecular formula is C10H10BrCl2NO. The molecule has 1 aromatic rings. The van der Waals surface area contributed by atoms with Crippen LogP contribution in [0.4, 0.5) is 5.69 Å². The summed E-state index contributed by atoms with van der Waals surface area (Å²) in [6.45, 7) is 1.77. The molecule has 0 heterocycles. The highest BCUT2D eigenvalue weighted by Gasteiger charge is 2.11. The Hall–Kier alpha value is -0.250. The van der Waals surface area contributed by atoms with Crippen LogP contribution in [0.5, 0.6) is 0 Å². The van der Waals surface area contributed by atoms with E-state index in [4.69, 9.17) is 23.2 Å². The molecule has 1 unspecified atom stereocenters. The van der Waals surface area contributed by atoms with Crippen LogP contribution in [-0.4, -0.2) is 11.8 Å². The standard InChI is InChI=1S/C10H10BrCl2NO/c1-6(5-12)10(15)14-9-3-7(11)2-8(13)4-9/h2-4,6H,5H2,1H3,(H,14,15). The van der Waals surface area contributed by atoms with Gasteiger partial charge in [0.1, 0.15) is 0 Å². The van der Waals surface area contributed by atoms with Crippen LogP contribution in [0, 0.1) is 5.92 Å². The van der Waals surface area contributed by atoms with Gasteiger partial charge in [-0.25, -0.2) is 0 Å². The van der Waals surface area contributed by atoms with Gasteiger partial charge in [0.2, 0.25) is 5.91 Å². The molecule has 2 nitrogen and oxygen atoms in total. The van der Waals surface area contributed by atoms with Gasteiger partial charge >= 0.3 is 0 Å². The highest BCUT2D eigenvalue weighted by atomic mass is 79.9. The van der Waals surface area contributed by atoms with E-state index in [0.29, 0.717) is 16.6 Å². The van der Waals surface area contributed by atoms with Crippen LogP contribution in [0.1, 0.15) is 6.92 Å². The number of anilines is 1. The fourth-order valence-corrected chi connectivity index (χ4v) is 1.96. The van der Waals surface area contributed by atoms with Gasteiger partial charge in [-0.3, -0.25) is 4.79 Å². The summed E-state index contributed by atoms with van der Waals surface area (Å²) in [4.78, 5) is 11.5. The number of halogens is 3. The lowest BCUT2D eigenvalue weighted by molar-refractivity contribution is -0.118. The fourth-order valence-electron chi connectivity index (χ4n) is 0.962. The molecule has 1 rings (SSSR count). The Morgan fingerprint density at radius 3 is 2.73 bits per heavy atom. The summed E-state index contributed by atoms with van der Waals surface area (Å²) in [7, 11) is 0. The lowest BCUT2D eigenvalue weighted by Crippen LogP contribution is -2.21. The lowest BCUT2D eigenvalue weighted by Gasteiger charge is -2.09. The summed E-state index contributed by atoms with van der Waals surface area (Å²) in [5.41, 5.74) is 0.663. The predicted molar refractivity (Wildman–Crippen MR) is 67.7 cm³/mol. The van der Waals surface area contributed by atoms with Gasteiger partial charge in [0.15, 0.2) is 0 Å². The van der Waals surface area contributed by atoms with Crippen molar-refractivity contribution < 1.29 is 4.79 Å². The van der Waals surface area contributed by atoms with Crippen molar-refractivity contribution in [3.05, 3.63) is 27.7 Å². The third-order valence-electron chi connectivity index (χ3n) is 1.81. The zero-order valence-electron chi connectivity index (χ0n) is 8.06. The summed E-state index contributed by atoms with van der Waals surface area (Å²) in [5.74, 6) is -0.0308. The van der Waals surface area contributed by atoms with Crippen molar-refractivity contribution in [3.8, 4) is 0 Å². The van der Waals surface area contributed by atoms with Gasteiger partial charge in [0.25, 0.3) is 0 Å². The van der Waals surface area contributed by atoms with Crippen molar-refractivity contribution in [3.63, 3.8) is 0 Å². The maximum absolute atomic E-state index is 11.5. The number of alkyl halides is 1. The molecule has 0 spiro atoms. The van der Waals surface area contributed by atoms with Gasteiger partial charge in [-0.2, -0.15) is 0 Å². The third kappa shape index (κ3) is 4.01. The Morgan fingerprint density at radius 2 is 2.20 bits per heavy atom. The van der Waals surface area contributed by atoms with E-state index in [-0.39, 0.29) is 11.8 Å². The first-order valence-corrected chi connectivity index (χ1v) is 6.06. The van der Waals surface area contributed by atoms with Gasteiger partial charge in [0.05, 0.1) is 0 Å². The van der Waals surface area contributed by atoms with Gasteiger partial charge in [-0.15, -0.1) is 11.6 Å². The smallest absolute Gasteiger partial charge is 0.228 e. The minimum absolute atomic E-state index is 0.112. The van der Waals surface area contributed by atoms with E-state index < -0.39 is 0 Å². The van der Waals surface area contributed by atoms with E-state index in [1.54, 1.807) is 25.1 Å². The summed E-state index contributed by atoms with van der Waals surface area (Å²) in [6, 6.07) is 5.22. The number of carbonyl (C=O) groups is 1. The van der Waals surface area contributed by atoms with Crippen LogP contribution >= 0.6 is 39.1 Å². The fraction of sp³-hybridized carbons (Fsp3) is 0.300. The largest absolute Gasteiger partial charge is 0.326 e. The third-order valence-corrected chi connectivity index (χ3v) is 2.95. The van der Waals surface area contributed by atoms with Gasteiger partial charge in [0, 0.05) is 27.0 Å². The summed E-state index contributed by atoms with van der Waals surface area (Å²) < 4.78 is 0.823. The van der Waals surface area contributed by atoms with E-state index in [1.165, 1.54) is 0 Å². The van der Waals surface area contributed by atoms with E-state index in [1.807, 2.05) is 0 Å². The molecule has 0 bridgehead atoms. The molecule has 0 aliphatic rings. The van der Waals surface area contributed by atoms with E-state index >= 15 is 0 Å². The minimum atomic E-state index is -0.218. The number of hydrogen-bond donors (Lipinski definition) is 1. The molecule has 0 aromatic heterocycles. The van der Waals surface area contributed by atoms with Gasteiger partial charge < -0.3 is 5.32 Å². The first-order chi connectivity index (χ1) is 7.02. The Kier molecular flexibility index (Phi) is 4.90. The van der Waals surface area contributed by atoms with Crippen LogP contribution in [-0.2, 0) is 4.79 Å². The number of rotatable bonds is 3. The van der Waals surface area contributed by atoms with Gasteiger partial charge in [-0.1, -0.05) is 34.5 Å². The molecule has 0 fully saturated rings. The number of amides is 1. The second kappa shape index (κ2) is 5.73. The second-order valence-corrected chi connectivity index (χ2v) is 4.86. The topological polar surface area (TPSA) is 29.1 Å². The SMILES string of the molecule is CC(CCl)C(=O)Nc1cc(Cl)cc(Br)c1. The maximum atomic E-state index is 11.5. The summed E-state index contributed by atoms with van der Waals surface area (Å²) >= 11 is 14.7. The van der Waals surface area contributed by atoms with Crippen molar-refractivity contribution >= 4 is 50.7 Å². The van der Waals surface area contributed by atoms with Crippen molar-refractivity contribution in [2.45, 2.75) is 6.92 Å². The Labute approximate surface area is 107 Å². The molecule has 0 radical (unpaired) electrons. The number of benzene rings is 1. The molecule has 1 aromatic carbocycles. The molecule has 82 valence electrons. The summed E-state index contributed by atoms with van der Waals surface area (Å²) in [5, 5.41) is 3.30. The van der Waals surface area contributed by atoms with Crippen LogP contribution in [0.25, 0.3) is 0 Å². The Bertz CT molecular complexity index is 350. The van der Waals surface area contributed by atoms with Crippen molar-refractivity contribution in [2.24, 2.45) is 5.92 Å². The molecule has 0 saturated carbocycles. The van der Waals surface area contributed by atoms with E-state index in [0.717, 1.165) is 4.47 Å². The zero-order chi connectivity index (χ0) is 11.4. The highest BCUT2D eigenvalue weighted by Crippen LogP contribution is 2.23. The Morgan fingerprint density at radius 1 is 1.53 bits per heavy atom. The predicted octanol–water partition coefficient (Wildman–Crippen LogP) is 3.92. The normalized spacial score (nSPS) is 12.3. The van der Waals surface area contributed by atoms with Crippen LogP contribution in [0.3, 0.4) is 0 Å². The molecule has 0 aliphatic carbocycles. The van der Waals surface area contributed by atoms with Crippen LogP contribution in [0.15, 0.2) is 22.7 Å².